The van der Waals surface area contributed by atoms with Crippen molar-refractivity contribution in [2.45, 2.75) is 19.4 Å². The fourth-order valence-corrected chi connectivity index (χ4v) is 4.59. The van der Waals surface area contributed by atoms with E-state index in [1.54, 1.807) is 13.0 Å². The summed E-state index contributed by atoms with van der Waals surface area (Å²) in [5.74, 6) is -0.274. The van der Waals surface area contributed by atoms with Crippen LogP contribution in [-0.4, -0.2) is 31.5 Å². The van der Waals surface area contributed by atoms with Crippen molar-refractivity contribution in [1.29, 1.82) is 0 Å². The average molecular weight is 426 g/mol. The zero-order valence-corrected chi connectivity index (χ0v) is 16.7. The Morgan fingerprint density at radius 2 is 2.07 bits per heavy atom. The summed E-state index contributed by atoms with van der Waals surface area (Å²) in [5, 5.41) is 14.1. The topological polar surface area (TPSA) is 73.1 Å². The second-order valence-corrected chi connectivity index (χ2v) is 7.97. The first-order chi connectivity index (χ1) is 14.5. The fraction of sp³-hybridized carbons (Fsp3) is 0.190. The number of halogens is 2. The van der Waals surface area contributed by atoms with Gasteiger partial charge in [0.1, 0.15) is 29.3 Å². The predicted octanol–water partition coefficient (Wildman–Crippen LogP) is 4.32. The Kier molecular flexibility index (Phi) is 4.56. The van der Waals surface area contributed by atoms with Gasteiger partial charge in [-0.3, -0.25) is 0 Å². The summed E-state index contributed by atoms with van der Waals surface area (Å²) >= 11 is 1.44. The lowest BCUT2D eigenvalue weighted by Crippen LogP contribution is -2.02. The first kappa shape index (κ1) is 18.8. The molecular weight excluding hydrogens is 410 g/mol. The molecule has 1 aliphatic rings. The molecule has 0 amide bonds. The Morgan fingerprint density at radius 3 is 2.87 bits per heavy atom. The van der Waals surface area contributed by atoms with Crippen molar-refractivity contribution in [2.75, 3.05) is 6.61 Å². The maximum Gasteiger partial charge on any atom is 0.173 e. The smallest absolute Gasteiger partial charge is 0.173 e. The minimum atomic E-state index is -0.721. The first-order valence-corrected chi connectivity index (χ1v) is 10.1. The van der Waals surface area contributed by atoms with E-state index in [2.05, 4.69) is 15.1 Å². The van der Waals surface area contributed by atoms with Gasteiger partial charge in [-0.25, -0.2) is 23.4 Å². The van der Waals surface area contributed by atoms with Crippen LogP contribution in [0.25, 0.3) is 27.0 Å². The summed E-state index contributed by atoms with van der Waals surface area (Å²) in [6, 6.07) is 8.87. The molecule has 1 N–H and O–H groups in total. The monoisotopic (exact) mass is 426 g/mol. The molecular formula is C21H16F2N4O2S. The highest BCUT2D eigenvalue weighted by molar-refractivity contribution is 7.19. The van der Waals surface area contributed by atoms with Gasteiger partial charge in [-0.15, -0.1) is 11.3 Å². The number of benzene rings is 1. The third-order valence-electron chi connectivity index (χ3n) is 4.87. The van der Waals surface area contributed by atoms with Crippen molar-refractivity contribution in [2.24, 2.45) is 0 Å². The van der Waals surface area contributed by atoms with E-state index in [1.165, 1.54) is 34.5 Å². The number of thiophene rings is 1. The molecule has 5 rings (SSSR count). The van der Waals surface area contributed by atoms with Gasteiger partial charge in [-0.1, -0.05) is 0 Å². The van der Waals surface area contributed by atoms with Crippen LogP contribution in [0.3, 0.4) is 0 Å². The van der Waals surface area contributed by atoms with Crippen molar-refractivity contribution in [3.63, 3.8) is 0 Å². The van der Waals surface area contributed by atoms with E-state index < -0.39 is 17.7 Å². The fourth-order valence-electron chi connectivity index (χ4n) is 3.41. The highest BCUT2D eigenvalue weighted by Crippen LogP contribution is 2.43. The van der Waals surface area contributed by atoms with Crippen molar-refractivity contribution < 1.29 is 18.6 Å². The SMILES string of the molecule is CC(O)c1ccc2c(n1)-c1sc(-c3ncnn3-c3ccc(F)cc3F)cc1CCO2. The number of fused-ring (bicyclic) bond motifs is 3. The van der Waals surface area contributed by atoms with Crippen molar-refractivity contribution in [3.8, 4) is 32.7 Å². The van der Waals surface area contributed by atoms with Crippen LogP contribution in [0.2, 0.25) is 0 Å². The van der Waals surface area contributed by atoms with Gasteiger partial charge in [0.25, 0.3) is 0 Å². The van der Waals surface area contributed by atoms with Crippen LogP contribution in [-0.2, 0) is 6.42 Å². The lowest BCUT2D eigenvalue weighted by Gasteiger charge is -2.10. The number of hydrogen-bond donors (Lipinski definition) is 1. The minimum absolute atomic E-state index is 0.116. The van der Waals surface area contributed by atoms with Crippen molar-refractivity contribution in [3.05, 3.63) is 65.6 Å². The van der Waals surface area contributed by atoms with Gasteiger partial charge in [0.2, 0.25) is 0 Å². The first-order valence-electron chi connectivity index (χ1n) is 9.32. The summed E-state index contributed by atoms with van der Waals surface area (Å²) in [5.41, 5.74) is 2.36. The molecule has 0 aliphatic carbocycles. The van der Waals surface area contributed by atoms with E-state index in [0.717, 1.165) is 21.4 Å². The summed E-state index contributed by atoms with van der Waals surface area (Å²) in [7, 11) is 0. The third-order valence-corrected chi connectivity index (χ3v) is 6.05. The van der Waals surface area contributed by atoms with E-state index in [4.69, 9.17) is 4.74 Å². The molecule has 1 aliphatic heterocycles. The standard InChI is InChI=1S/C21H16F2N4O2S/c1-11(28)15-3-5-17-19(26-15)20-12(6-7-29-17)8-18(30-20)21-24-10-25-27(21)16-4-2-13(22)9-14(16)23/h2-5,8-11,28H,6-7H2,1H3. The molecule has 4 aromatic rings. The highest BCUT2D eigenvalue weighted by atomic mass is 32.1. The predicted molar refractivity (Wildman–Crippen MR) is 108 cm³/mol. The lowest BCUT2D eigenvalue weighted by atomic mass is 10.1. The Morgan fingerprint density at radius 1 is 1.20 bits per heavy atom. The zero-order chi connectivity index (χ0) is 20.8. The second-order valence-electron chi connectivity index (χ2n) is 6.91. The lowest BCUT2D eigenvalue weighted by molar-refractivity contribution is 0.194. The summed E-state index contributed by atoms with van der Waals surface area (Å²) in [4.78, 5) is 10.6. The van der Waals surface area contributed by atoms with Crippen LogP contribution in [0, 0.1) is 11.6 Å². The number of hydrogen-bond acceptors (Lipinski definition) is 6. The minimum Gasteiger partial charge on any atom is -0.491 e. The third kappa shape index (κ3) is 3.16. The zero-order valence-electron chi connectivity index (χ0n) is 15.8. The largest absolute Gasteiger partial charge is 0.491 e. The Labute approximate surface area is 174 Å². The van der Waals surface area contributed by atoms with Gasteiger partial charge in [-0.2, -0.15) is 5.10 Å². The number of aromatic nitrogens is 4. The Hall–Kier alpha value is -3.17. The summed E-state index contributed by atoms with van der Waals surface area (Å²) in [6.45, 7) is 2.15. The molecule has 1 unspecified atom stereocenters. The molecule has 6 nitrogen and oxygen atoms in total. The van der Waals surface area contributed by atoms with Crippen LogP contribution in [0.15, 0.2) is 42.7 Å². The average Bonchev–Trinajstić information content (AvgIpc) is 3.32. The molecule has 9 heteroatoms. The highest BCUT2D eigenvalue weighted by Gasteiger charge is 2.24. The molecule has 152 valence electrons. The summed E-state index contributed by atoms with van der Waals surface area (Å²) < 4.78 is 34.8. The van der Waals surface area contributed by atoms with Gasteiger partial charge >= 0.3 is 0 Å². The summed E-state index contributed by atoms with van der Waals surface area (Å²) in [6.07, 6.45) is 1.31. The van der Waals surface area contributed by atoms with Crippen LogP contribution in [0.5, 0.6) is 5.75 Å². The van der Waals surface area contributed by atoms with Gasteiger partial charge < -0.3 is 9.84 Å². The van der Waals surface area contributed by atoms with Crippen LogP contribution < -0.4 is 4.74 Å². The molecule has 1 atom stereocenters. The number of aliphatic hydroxyl groups excluding tert-OH is 1. The van der Waals surface area contributed by atoms with Gasteiger partial charge in [0.05, 0.1) is 28.2 Å². The normalized spacial score (nSPS) is 13.9. The van der Waals surface area contributed by atoms with E-state index in [9.17, 15) is 13.9 Å². The van der Waals surface area contributed by atoms with Crippen molar-refractivity contribution in [1.82, 2.24) is 19.7 Å². The van der Waals surface area contributed by atoms with Crippen LogP contribution in [0.1, 0.15) is 24.3 Å². The molecule has 30 heavy (non-hydrogen) atoms. The molecule has 0 fully saturated rings. The molecule has 4 heterocycles. The van der Waals surface area contributed by atoms with E-state index in [-0.39, 0.29) is 5.69 Å². The van der Waals surface area contributed by atoms with E-state index in [0.29, 0.717) is 36.0 Å². The maximum absolute atomic E-state index is 14.3. The Bertz CT molecular complexity index is 1250. The molecule has 0 radical (unpaired) electrons. The van der Waals surface area contributed by atoms with Crippen LogP contribution >= 0.6 is 11.3 Å². The second kappa shape index (κ2) is 7.26. The molecule has 0 spiro atoms. The Balaban J connectivity index is 1.63. The van der Waals surface area contributed by atoms with E-state index >= 15 is 0 Å². The van der Waals surface area contributed by atoms with Crippen LogP contribution in [0.4, 0.5) is 8.78 Å². The number of rotatable bonds is 3. The van der Waals surface area contributed by atoms with Gasteiger partial charge in [0, 0.05) is 12.5 Å². The number of nitrogens with zero attached hydrogens (tertiary/aromatic N) is 4. The van der Waals surface area contributed by atoms with Crippen molar-refractivity contribution >= 4 is 11.3 Å². The van der Waals surface area contributed by atoms with E-state index in [1.807, 2.05) is 12.1 Å². The number of pyridine rings is 1. The molecule has 3 aromatic heterocycles. The number of aliphatic hydroxyl groups is 1. The van der Waals surface area contributed by atoms with Gasteiger partial charge in [-0.05, 0) is 42.8 Å². The molecule has 0 saturated carbocycles. The van der Waals surface area contributed by atoms with Gasteiger partial charge in [0.15, 0.2) is 11.6 Å². The molecule has 1 aromatic carbocycles. The molecule has 0 saturated heterocycles. The number of ether oxygens (including phenoxy) is 1. The quantitative estimate of drug-likeness (QED) is 0.528. The molecule has 0 bridgehead atoms. The maximum atomic E-state index is 14.3.